The molecule has 0 saturated carbocycles. The van der Waals surface area contributed by atoms with Gasteiger partial charge in [-0.1, -0.05) is 0 Å². The molecule has 2 rings (SSSR count). The minimum Gasteiger partial charge on any atom is -0.493 e. The molecule has 3 N–H and O–H groups in total. The van der Waals surface area contributed by atoms with Gasteiger partial charge in [0.2, 0.25) is 0 Å². The zero-order valence-corrected chi connectivity index (χ0v) is 12.6. The normalized spacial score (nSPS) is 11.2. The molecule has 0 fully saturated rings. The van der Waals surface area contributed by atoms with E-state index in [1.165, 1.54) is 31.2 Å². The van der Waals surface area contributed by atoms with Crippen LogP contribution in [0.1, 0.15) is 0 Å². The molecule has 0 bridgehead atoms. The number of anilines is 2. The Morgan fingerprint density at radius 2 is 1.90 bits per heavy atom. The van der Waals surface area contributed by atoms with E-state index in [0.29, 0.717) is 17.2 Å². The highest BCUT2D eigenvalue weighted by atomic mass is 32.2. The van der Waals surface area contributed by atoms with E-state index in [-0.39, 0.29) is 10.7 Å². The molecule has 9 heteroatoms. The summed E-state index contributed by atoms with van der Waals surface area (Å²) < 4.78 is 38.5. The van der Waals surface area contributed by atoms with Crippen molar-refractivity contribution in [3.8, 4) is 11.5 Å². The smallest absolute Gasteiger partial charge is 0.267 e. The third-order valence-electron chi connectivity index (χ3n) is 2.75. The van der Waals surface area contributed by atoms with Crippen LogP contribution in [0, 0.1) is 0 Å². The summed E-state index contributed by atoms with van der Waals surface area (Å²) in [6.45, 7) is 0. The van der Waals surface area contributed by atoms with Gasteiger partial charge in [-0.15, -0.1) is 0 Å². The van der Waals surface area contributed by atoms with Crippen LogP contribution in [0.4, 0.5) is 11.5 Å². The molecule has 8 nitrogen and oxygen atoms in total. The van der Waals surface area contributed by atoms with Gasteiger partial charge in [0.05, 0.1) is 19.9 Å². The SMILES string of the molecule is COc1ccc(NS(=O)(=O)c2cn(C)nc2N)cc1OC. The van der Waals surface area contributed by atoms with Crippen LogP contribution in [0.25, 0.3) is 0 Å². The van der Waals surface area contributed by atoms with Crippen molar-refractivity contribution in [3.63, 3.8) is 0 Å². The minimum atomic E-state index is -3.82. The summed E-state index contributed by atoms with van der Waals surface area (Å²) in [6.07, 6.45) is 1.33. The summed E-state index contributed by atoms with van der Waals surface area (Å²) in [6, 6.07) is 4.68. The van der Waals surface area contributed by atoms with Gasteiger partial charge in [-0.2, -0.15) is 5.10 Å². The van der Waals surface area contributed by atoms with Crippen molar-refractivity contribution < 1.29 is 17.9 Å². The third kappa shape index (κ3) is 3.02. The maximum Gasteiger partial charge on any atom is 0.267 e. The van der Waals surface area contributed by atoms with Crippen molar-refractivity contribution in [2.24, 2.45) is 7.05 Å². The standard InChI is InChI=1S/C12H16N4O4S/c1-16-7-11(12(13)14-16)21(17,18)15-8-4-5-9(19-2)10(6-8)20-3/h4-7,15H,1-3H3,(H2,13,14). The van der Waals surface area contributed by atoms with E-state index >= 15 is 0 Å². The van der Waals surface area contributed by atoms with Gasteiger partial charge in [0.1, 0.15) is 4.90 Å². The minimum absolute atomic E-state index is 0.0644. The van der Waals surface area contributed by atoms with E-state index in [1.807, 2.05) is 0 Å². The predicted molar refractivity (Wildman–Crippen MR) is 78.0 cm³/mol. The molecule has 0 saturated heterocycles. The Hall–Kier alpha value is -2.42. The van der Waals surface area contributed by atoms with Crippen LogP contribution in [0.2, 0.25) is 0 Å². The first kappa shape index (κ1) is 15.0. The molecule has 1 heterocycles. The second kappa shape index (κ2) is 5.52. The lowest BCUT2D eigenvalue weighted by molar-refractivity contribution is 0.355. The number of nitrogens with two attached hydrogens (primary N) is 1. The fourth-order valence-corrected chi connectivity index (χ4v) is 2.96. The molecular weight excluding hydrogens is 296 g/mol. The lowest BCUT2D eigenvalue weighted by Gasteiger charge is -2.11. The number of aryl methyl sites for hydroxylation is 1. The molecule has 114 valence electrons. The average molecular weight is 312 g/mol. The number of ether oxygens (including phenoxy) is 2. The fourth-order valence-electron chi connectivity index (χ4n) is 1.80. The number of nitrogen functional groups attached to an aromatic ring is 1. The van der Waals surface area contributed by atoms with Crippen LogP contribution in [0.15, 0.2) is 29.3 Å². The van der Waals surface area contributed by atoms with Crippen molar-refractivity contribution in [3.05, 3.63) is 24.4 Å². The average Bonchev–Trinajstić information content (AvgIpc) is 2.78. The molecule has 0 aliphatic rings. The first-order valence-corrected chi connectivity index (χ1v) is 7.39. The molecule has 0 aliphatic carbocycles. The monoisotopic (exact) mass is 312 g/mol. The molecule has 0 unspecified atom stereocenters. The molecule has 2 aromatic rings. The Bertz CT molecular complexity index is 755. The van der Waals surface area contributed by atoms with Gasteiger partial charge in [0, 0.05) is 19.3 Å². The summed E-state index contributed by atoms with van der Waals surface area (Å²) in [5, 5.41) is 3.81. The zero-order valence-electron chi connectivity index (χ0n) is 11.8. The van der Waals surface area contributed by atoms with Gasteiger partial charge in [-0.3, -0.25) is 9.40 Å². The lowest BCUT2D eigenvalue weighted by Crippen LogP contribution is -2.14. The number of methoxy groups -OCH3 is 2. The second-order valence-corrected chi connectivity index (χ2v) is 5.88. The van der Waals surface area contributed by atoms with Crippen molar-refractivity contribution in [1.82, 2.24) is 9.78 Å². The Morgan fingerprint density at radius 1 is 1.24 bits per heavy atom. The number of benzene rings is 1. The van der Waals surface area contributed by atoms with E-state index < -0.39 is 10.0 Å². The van der Waals surface area contributed by atoms with Gasteiger partial charge in [0.15, 0.2) is 17.3 Å². The first-order valence-electron chi connectivity index (χ1n) is 5.91. The van der Waals surface area contributed by atoms with Crippen molar-refractivity contribution in [2.45, 2.75) is 4.90 Å². The molecule has 0 amide bonds. The Morgan fingerprint density at radius 3 is 2.43 bits per heavy atom. The highest BCUT2D eigenvalue weighted by Gasteiger charge is 2.21. The maximum absolute atomic E-state index is 12.3. The Kier molecular flexibility index (Phi) is 3.94. The molecular formula is C12H16N4O4S. The largest absolute Gasteiger partial charge is 0.493 e. The molecule has 0 atom stereocenters. The van der Waals surface area contributed by atoms with E-state index in [2.05, 4.69) is 9.82 Å². The van der Waals surface area contributed by atoms with Crippen LogP contribution in [-0.4, -0.2) is 32.4 Å². The molecule has 0 spiro atoms. The van der Waals surface area contributed by atoms with Crippen LogP contribution in [0.3, 0.4) is 0 Å². The highest BCUT2D eigenvalue weighted by Crippen LogP contribution is 2.31. The number of nitrogens with one attached hydrogen (secondary N) is 1. The molecule has 1 aromatic heterocycles. The molecule has 0 aliphatic heterocycles. The number of hydrogen-bond donors (Lipinski definition) is 2. The zero-order chi connectivity index (χ0) is 15.6. The predicted octanol–water partition coefficient (Wildman–Crippen LogP) is 0.820. The summed E-state index contributed by atoms with van der Waals surface area (Å²) in [7, 11) is 0.732. The number of nitrogens with zero attached hydrogens (tertiary/aromatic N) is 2. The number of hydrogen-bond acceptors (Lipinski definition) is 6. The Labute approximate surface area is 122 Å². The lowest BCUT2D eigenvalue weighted by atomic mass is 10.3. The van der Waals surface area contributed by atoms with E-state index in [9.17, 15) is 8.42 Å². The van der Waals surface area contributed by atoms with E-state index in [0.717, 1.165) is 0 Å². The summed E-state index contributed by atoms with van der Waals surface area (Å²) in [5.74, 6) is 0.851. The van der Waals surface area contributed by atoms with Gasteiger partial charge < -0.3 is 15.2 Å². The van der Waals surface area contributed by atoms with Crippen LogP contribution < -0.4 is 19.9 Å². The topological polar surface area (TPSA) is 108 Å². The van der Waals surface area contributed by atoms with Gasteiger partial charge in [-0.05, 0) is 12.1 Å². The quantitative estimate of drug-likeness (QED) is 0.846. The third-order valence-corrected chi connectivity index (χ3v) is 4.15. The van der Waals surface area contributed by atoms with Gasteiger partial charge in [0.25, 0.3) is 10.0 Å². The first-order chi connectivity index (χ1) is 9.87. The Balaban J connectivity index is 2.35. The maximum atomic E-state index is 12.3. The van der Waals surface area contributed by atoms with Crippen molar-refractivity contribution >= 4 is 21.5 Å². The molecule has 1 aromatic carbocycles. The highest BCUT2D eigenvalue weighted by molar-refractivity contribution is 7.92. The number of sulfonamides is 1. The number of rotatable bonds is 5. The summed E-state index contributed by atoms with van der Waals surface area (Å²) in [4.78, 5) is -0.0835. The van der Waals surface area contributed by atoms with Crippen molar-refractivity contribution in [1.29, 1.82) is 0 Å². The van der Waals surface area contributed by atoms with Crippen LogP contribution in [0.5, 0.6) is 11.5 Å². The molecule has 0 radical (unpaired) electrons. The second-order valence-electron chi connectivity index (χ2n) is 4.23. The van der Waals surface area contributed by atoms with Gasteiger partial charge >= 0.3 is 0 Å². The van der Waals surface area contributed by atoms with Gasteiger partial charge in [-0.25, -0.2) is 8.42 Å². The van der Waals surface area contributed by atoms with E-state index in [1.54, 1.807) is 19.2 Å². The fraction of sp³-hybridized carbons (Fsp3) is 0.250. The van der Waals surface area contributed by atoms with E-state index in [4.69, 9.17) is 15.2 Å². The van der Waals surface area contributed by atoms with Crippen molar-refractivity contribution in [2.75, 3.05) is 24.7 Å². The summed E-state index contributed by atoms with van der Waals surface area (Å²) >= 11 is 0. The molecule has 21 heavy (non-hydrogen) atoms. The van der Waals surface area contributed by atoms with Crippen LogP contribution in [-0.2, 0) is 17.1 Å². The number of aromatic nitrogens is 2. The van der Waals surface area contributed by atoms with Crippen LogP contribution >= 0.6 is 0 Å². The summed E-state index contributed by atoms with van der Waals surface area (Å²) in [5.41, 5.74) is 5.92.